The summed E-state index contributed by atoms with van der Waals surface area (Å²) in [6.07, 6.45) is 5.41. The number of rotatable bonds is 3. The minimum atomic E-state index is 0.317. The number of aliphatic hydroxyl groups is 1. The molecule has 58 valence electrons. The van der Waals surface area contributed by atoms with Crippen molar-refractivity contribution >= 4 is 0 Å². The normalized spacial score (nSPS) is 18.7. The van der Waals surface area contributed by atoms with Gasteiger partial charge in [0.15, 0.2) is 0 Å². The van der Waals surface area contributed by atoms with Crippen molar-refractivity contribution in [2.24, 2.45) is 0 Å². The van der Waals surface area contributed by atoms with Gasteiger partial charge in [-0.2, -0.15) is 0 Å². The molecule has 0 fully saturated rings. The Hall–Kier alpha value is -0.340. The highest BCUT2D eigenvalue weighted by atomic mass is 16.2. The first-order chi connectivity index (χ1) is 4.93. The highest BCUT2D eigenvalue weighted by molar-refractivity contribution is 5.07. The first kappa shape index (κ1) is 7.76. The monoisotopic (exact) mass is 141 g/mol. The molecule has 0 aromatic heterocycles. The van der Waals surface area contributed by atoms with Crippen molar-refractivity contribution in [2.75, 3.05) is 19.7 Å². The molecule has 1 heterocycles. The fraction of sp³-hybridized carbons (Fsp3) is 0.750. The van der Waals surface area contributed by atoms with Crippen molar-refractivity contribution in [1.29, 1.82) is 0 Å². The van der Waals surface area contributed by atoms with Gasteiger partial charge in [-0.3, -0.25) is 0 Å². The molecule has 0 aliphatic carbocycles. The molecule has 0 saturated heterocycles. The predicted octanol–water partition coefficient (Wildman–Crippen LogP) is 0.679. The van der Waals surface area contributed by atoms with Crippen molar-refractivity contribution in [1.82, 2.24) is 5.32 Å². The minimum absolute atomic E-state index is 0.317. The molecule has 0 amide bonds. The van der Waals surface area contributed by atoms with E-state index in [-0.39, 0.29) is 0 Å². The van der Waals surface area contributed by atoms with Crippen molar-refractivity contribution < 1.29 is 5.11 Å². The number of aliphatic hydroxyl groups excluding tert-OH is 1. The van der Waals surface area contributed by atoms with Gasteiger partial charge >= 0.3 is 0 Å². The molecular weight excluding hydrogens is 126 g/mol. The van der Waals surface area contributed by atoms with Gasteiger partial charge < -0.3 is 10.4 Å². The van der Waals surface area contributed by atoms with Crippen LogP contribution in [-0.2, 0) is 0 Å². The van der Waals surface area contributed by atoms with Crippen LogP contribution in [0.15, 0.2) is 11.6 Å². The van der Waals surface area contributed by atoms with Crippen LogP contribution in [0.1, 0.15) is 19.3 Å². The van der Waals surface area contributed by atoms with Gasteiger partial charge in [-0.15, -0.1) is 0 Å². The Morgan fingerprint density at radius 3 is 3.10 bits per heavy atom. The van der Waals surface area contributed by atoms with E-state index in [9.17, 15) is 0 Å². The van der Waals surface area contributed by atoms with Gasteiger partial charge in [0.05, 0.1) is 0 Å². The summed E-state index contributed by atoms with van der Waals surface area (Å²) in [5.74, 6) is 0. The molecule has 1 aliphatic heterocycles. The largest absolute Gasteiger partial charge is 0.396 e. The molecule has 0 aromatic carbocycles. The predicted molar refractivity (Wildman–Crippen MR) is 41.9 cm³/mol. The van der Waals surface area contributed by atoms with Crippen LogP contribution in [0, 0.1) is 0 Å². The lowest BCUT2D eigenvalue weighted by Gasteiger charge is -2.12. The van der Waals surface area contributed by atoms with E-state index in [1.54, 1.807) is 0 Å². The summed E-state index contributed by atoms with van der Waals surface area (Å²) in [5.41, 5.74) is 1.46. The first-order valence-electron chi connectivity index (χ1n) is 3.93. The second kappa shape index (κ2) is 4.47. The molecule has 0 saturated carbocycles. The summed E-state index contributed by atoms with van der Waals surface area (Å²) >= 11 is 0. The molecule has 2 N–H and O–H groups in total. The standard InChI is InChI=1S/C8H15NO/c10-6-2-4-8-3-1-5-9-7-8/h3,9-10H,1-2,4-7H2. The van der Waals surface area contributed by atoms with E-state index in [0.29, 0.717) is 6.61 Å². The fourth-order valence-electron chi connectivity index (χ4n) is 1.20. The van der Waals surface area contributed by atoms with E-state index in [2.05, 4.69) is 11.4 Å². The zero-order valence-electron chi connectivity index (χ0n) is 6.27. The Bertz CT molecular complexity index is 120. The highest BCUT2D eigenvalue weighted by Crippen LogP contribution is 2.07. The van der Waals surface area contributed by atoms with Gasteiger partial charge in [0.25, 0.3) is 0 Å². The zero-order chi connectivity index (χ0) is 7.23. The Labute approximate surface area is 61.9 Å². The van der Waals surface area contributed by atoms with Gasteiger partial charge in [0.2, 0.25) is 0 Å². The second-order valence-electron chi connectivity index (χ2n) is 2.65. The molecule has 0 spiro atoms. The Kier molecular flexibility index (Phi) is 3.47. The quantitative estimate of drug-likeness (QED) is 0.566. The maximum Gasteiger partial charge on any atom is 0.0434 e. The molecule has 2 heteroatoms. The zero-order valence-corrected chi connectivity index (χ0v) is 6.27. The SMILES string of the molecule is OCCCC1=CCCNC1. The van der Waals surface area contributed by atoms with E-state index in [1.165, 1.54) is 5.57 Å². The van der Waals surface area contributed by atoms with E-state index in [4.69, 9.17) is 5.11 Å². The average molecular weight is 141 g/mol. The summed E-state index contributed by atoms with van der Waals surface area (Å²) in [4.78, 5) is 0. The van der Waals surface area contributed by atoms with E-state index < -0.39 is 0 Å². The van der Waals surface area contributed by atoms with Crippen LogP contribution in [0.2, 0.25) is 0 Å². The van der Waals surface area contributed by atoms with Crippen molar-refractivity contribution in [3.8, 4) is 0 Å². The van der Waals surface area contributed by atoms with Crippen LogP contribution in [0.3, 0.4) is 0 Å². The topological polar surface area (TPSA) is 32.3 Å². The second-order valence-corrected chi connectivity index (χ2v) is 2.65. The average Bonchev–Trinajstić information content (AvgIpc) is 2.03. The summed E-state index contributed by atoms with van der Waals surface area (Å²) in [7, 11) is 0. The number of hydrogen-bond donors (Lipinski definition) is 2. The summed E-state index contributed by atoms with van der Waals surface area (Å²) < 4.78 is 0. The van der Waals surface area contributed by atoms with Crippen molar-refractivity contribution in [3.05, 3.63) is 11.6 Å². The Morgan fingerprint density at radius 2 is 2.50 bits per heavy atom. The van der Waals surface area contributed by atoms with Crippen LogP contribution >= 0.6 is 0 Å². The summed E-state index contributed by atoms with van der Waals surface area (Å²) in [5, 5.41) is 11.8. The highest BCUT2D eigenvalue weighted by Gasteiger charge is 2.00. The summed E-state index contributed by atoms with van der Waals surface area (Å²) in [6.45, 7) is 2.46. The molecular formula is C8H15NO. The smallest absolute Gasteiger partial charge is 0.0434 e. The molecule has 0 aromatic rings. The van der Waals surface area contributed by atoms with Gasteiger partial charge in [-0.25, -0.2) is 0 Å². The third-order valence-corrected chi connectivity index (χ3v) is 1.76. The maximum atomic E-state index is 8.55. The van der Waals surface area contributed by atoms with E-state index >= 15 is 0 Å². The number of nitrogens with one attached hydrogen (secondary N) is 1. The van der Waals surface area contributed by atoms with Crippen LogP contribution < -0.4 is 5.32 Å². The lowest BCUT2D eigenvalue weighted by atomic mass is 10.1. The molecule has 1 rings (SSSR count). The third kappa shape index (κ3) is 2.50. The third-order valence-electron chi connectivity index (χ3n) is 1.76. The van der Waals surface area contributed by atoms with E-state index in [0.717, 1.165) is 32.4 Å². The van der Waals surface area contributed by atoms with Crippen LogP contribution in [0.5, 0.6) is 0 Å². The number of hydrogen-bond acceptors (Lipinski definition) is 2. The molecule has 0 atom stereocenters. The van der Waals surface area contributed by atoms with Gasteiger partial charge in [0.1, 0.15) is 0 Å². The minimum Gasteiger partial charge on any atom is -0.396 e. The van der Waals surface area contributed by atoms with Crippen LogP contribution in [0.4, 0.5) is 0 Å². The Morgan fingerprint density at radius 1 is 1.60 bits per heavy atom. The molecule has 0 unspecified atom stereocenters. The van der Waals surface area contributed by atoms with Gasteiger partial charge in [-0.1, -0.05) is 11.6 Å². The first-order valence-corrected chi connectivity index (χ1v) is 3.93. The molecule has 2 nitrogen and oxygen atoms in total. The van der Waals surface area contributed by atoms with Crippen LogP contribution in [-0.4, -0.2) is 24.8 Å². The fourth-order valence-corrected chi connectivity index (χ4v) is 1.20. The van der Waals surface area contributed by atoms with Crippen LogP contribution in [0.25, 0.3) is 0 Å². The molecule has 10 heavy (non-hydrogen) atoms. The lowest BCUT2D eigenvalue weighted by molar-refractivity contribution is 0.288. The maximum absolute atomic E-state index is 8.55. The summed E-state index contributed by atoms with van der Waals surface area (Å²) in [6, 6.07) is 0. The van der Waals surface area contributed by atoms with Gasteiger partial charge in [-0.05, 0) is 25.8 Å². The molecule has 0 radical (unpaired) electrons. The lowest BCUT2D eigenvalue weighted by Crippen LogP contribution is -2.22. The van der Waals surface area contributed by atoms with Gasteiger partial charge in [0, 0.05) is 13.2 Å². The molecule has 1 aliphatic rings. The van der Waals surface area contributed by atoms with Crippen molar-refractivity contribution in [3.63, 3.8) is 0 Å². The molecule has 0 bridgehead atoms. The Balaban J connectivity index is 2.18. The van der Waals surface area contributed by atoms with Crippen molar-refractivity contribution in [2.45, 2.75) is 19.3 Å². The van der Waals surface area contributed by atoms with E-state index in [1.807, 2.05) is 0 Å².